The average Bonchev–Trinajstić information content (AvgIpc) is 2.77. The fourth-order valence-electron chi connectivity index (χ4n) is 1.93. The van der Waals surface area contributed by atoms with Gasteiger partial charge in [0.05, 0.1) is 24.9 Å². The molecule has 1 heterocycles. The third-order valence-corrected chi connectivity index (χ3v) is 3.40. The number of hydrogen-bond donors (Lipinski definition) is 2. The lowest BCUT2D eigenvalue weighted by molar-refractivity contribution is 0.351. The highest BCUT2D eigenvalue weighted by atomic mass is 79.9. The summed E-state index contributed by atoms with van der Waals surface area (Å²) in [6.45, 7) is 1.95. The number of rotatable bonds is 3. The van der Waals surface area contributed by atoms with Crippen LogP contribution in [0, 0.1) is 6.92 Å². The van der Waals surface area contributed by atoms with Gasteiger partial charge in [0.25, 0.3) is 0 Å². The van der Waals surface area contributed by atoms with Gasteiger partial charge in [0, 0.05) is 11.1 Å². The molecule has 96 valence electrons. The van der Waals surface area contributed by atoms with E-state index >= 15 is 0 Å². The molecule has 3 N–H and O–H groups in total. The number of methoxy groups -OCH3 is 2. The zero-order valence-corrected chi connectivity index (χ0v) is 12.0. The molecule has 0 aliphatic heterocycles. The van der Waals surface area contributed by atoms with Gasteiger partial charge in [-0.1, -0.05) is 0 Å². The minimum Gasteiger partial charge on any atom is -0.493 e. The zero-order valence-electron chi connectivity index (χ0n) is 10.4. The Labute approximate surface area is 113 Å². The number of nitrogens with zero attached hydrogens (tertiary/aromatic N) is 1. The van der Waals surface area contributed by atoms with Crippen molar-refractivity contribution in [2.75, 3.05) is 20.0 Å². The predicted molar refractivity (Wildman–Crippen MR) is 74.0 cm³/mol. The summed E-state index contributed by atoms with van der Waals surface area (Å²) in [5.74, 6) is 1.88. The maximum atomic E-state index is 5.85. The van der Waals surface area contributed by atoms with E-state index in [-0.39, 0.29) is 0 Å². The second-order valence-electron chi connectivity index (χ2n) is 3.79. The first kappa shape index (κ1) is 12.8. The smallest absolute Gasteiger partial charge is 0.175 e. The molecule has 1 aromatic heterocycles. The number of aromatic amines is 1. The van der Waals surface area contributed by atoms with Crippen LogP contribution in [0.3, 0.4) is 0 Å². The van der Waals surface area contributed by atoms with Crippen molar-refractivity contribution >= 4 is 21.7 Å². The Morgan fingerprint density at radius 1 is 1.22 bits per heavy atom. The van der Waals surface area contributed by atoms with Gasteiger partial charge in [0.1, 0.15) is 5.82 Å². The molecular weight excluding hydrogens is 298 g/mol. The molecule has 5 nitrogen and oxygen atoms in total. The van der Waals surface area contributed by atoms with Crippen LogP contribution in [0.15, 0.2) is 16.7 Å². The molecular formula is C12H14BrN3O2. The van der Waals surface area contributed by atoms with Crippen molar-refractivity contribution in [3.63, 3.8) is 0 Å². The molecule has 0 atom stereocenters. The molecule has 1 aromatic carbocycles. The van der Waals surface area contributed by atoms with Crippen molar-refractivity contribution in [3.8, 4) is 22.6 Å². The standard InChI is InChI=1S/C12H14BrN3O2/c1-6-7(8-5-15-16-12(8)14)4-9(13)11(18-3)10(6)17-2/h4-5H,1-3H3,(H3,14,15,16). The summed E-state index contributed by atoms with van der Waals surface area (Å²) >= 11 is 3.47. The van der Waals surface area contributed by atoms with Crippen molar-refractivity contribution in [1.29, 1.82) is 0 Å². The Balaban J connectivity index is 2.71. The van der Waals surface area contributed by atoms with E-state index in [1.165, 1.54) is 0 Å². The number of benzene rings is 1. The summed E-state index contributed by atoms with van der Waals surface area (Å²) in [4.78, 5) is 0. The molecule has 0 amide bonds. The largest absolute Gasteiger partial charge is 0.493 e. The fraction of sp³-hybridized carbons (Fsp3) is 0.250. The summed E-state index contributed by atoms with van der Waals surface area (Å²) in [7, 11) is 3.22. The lowest BCUT2D eigenvalue weighted by Gasteiger charge is -2.15. The van der Waals surface area contributed by atoms with Gasteiger partial charge in [-0.05, 0) is 34.5 Å². The molecule has 2 rings (SSSR count). The number of nitrogens with two attached hydrogens (primary N) is 1. The van der Waals surface area contributed by atoms with Crippen molar-refractivity contribution in [2.45, 2.75) is 6.92 Å². The maximum absolute atomic E-state index is 5.85. The van der Waals surface area contributed by atoms with Gasteiger partial charge in [-0.3, -0.25) is 5.10 Å². The van der Waals surface area contributed by atoms with Gasteiger partial charge in [0.2, 0.25) is 0 Å². The molecule has 6 heteroatoms. The highest BCUT2D eigenvalue weighted by Crippen LogP contribution is 2.43. The molecule has 0 unspecified atom stereocenters. The van der Waals surface area contributed by atoms with Gasteiger partial charge < -0.3 is 15.2 Å². The molecule has 0 bridgehead atoms. The summed E-state index contributed by atoms with van der Waals surface area (Å²) in [5, 5.41) is 6.65. The van der Waals surface area contributed by atoms with Crippen molar-refractivity contribution in [1.82, 2.24) is 10.2 Å². The van der Waals surface area contributed by atoms with Crippen molar-refractivity contribution in [2.24, 2.45) is 0 Å². The van der Waals surface area contributed by atoms with Gasteiger partial charge in [-0.25, -0.2) is 0 Å². The number of aromatic nitrogens is 2. The Hall–Kier alpha value is -1.69. The number of hydrogen-bond acceptors (Lipinski definition) is 4. The summed E-state index contributed by atoms with van der Waals surface area (Å²) in [5.41, 5.74) is 8.59. The normalized spacial score (nSPS) is 10.4. The predicted octanol–water partition coefficient (Wildman–Crippen LogP) is 2.75. The summed E-state index contributed by atoms with van der Waals surface area (Å²) in [6.07, 6.45) is 1.69. The highest BCUT2D eigenvalue weighted by Gasteiger charge is 2.18. The van der Waals surface area contributed by atoms with Crippen LogP contribution < -0.4 is 15.2 Å². The topological polar surface area (TPSA) is 73.2 Å². The Bertz CT molecular complexity index is 581. The number of nitrogen functional groups attached to an aromatic ring is 1. The fourth-order valence-corrected chi connectivity index (χ4v) is 2.50. The lowest BCUT2D eigenvalue weighted by atomic mass is 10.0. The third-order valence-electron chi connectivity index (χ3n) is 2.81. The minimum atomic E-state index is 0.525. The van der Waals surface area contributed by atoms with Crippen LogP contribution in [-0.2, 0) is 0 Å². The number of H-pyrrole nitrogens is 1. The first-order valence-corrected chi connectivity index (χ1v) is 6.09. The molecule has 0 aliphatic carbocycles. The summed E-state index contributed by atoms with van der Waals surface area (Å²) in [6, 6.07) is 1.94. The molecule has 2 aromatic rings. The van der Waals surface area contributed by atoms with Crippen LogP contribution in [0.4, 0.5) is 5.82 Å². The van der Waals surface area contributed by atoms with E-state index in [1.807, 2.05) is 13.0 Å². The van der Waals surface area contributed by atoms with Crippen LogP contribution in [0.5, 0.6) is 11.5 Å². The Kier molecular flexibility index (Phi) is 3.47. The molecule has 0 spiro atoms. The monoisotopic (exact) mass is 311 g/mol. The van der Waals surface area contributed by atoms with Gasteiger partial charge >= 0.3 is 0 Å². The molecule has 0 saturated carbocycles. The SMILES string of the molecule is COc1c(Br)cc(-c2cn[nH]c2N)c(C)c1OC. The van der Waals surface area contributed by atoms with Gasteiger partial charge in [0.15, 0.2) is 11.5 Å². The van der Waals surface area contributed by atoms with Gasteiger partial charge in [-0.15, -0.1) is 0 Å². The second-order valence-corrected chi connectivity index (χ2v) is 4.65. The lowest BCUT2D eigenvalue weighted by Crippen LogP contribution is -1.97. The second kappa shape index (κ2) is 4.89. The number of halogens is 1. The van der Waals surface area contributed by atoms with Crippen LogP contribution in [0.25, 0.3) is 11.1 Å². The highest BCUT2D eigenvalue weighted by molar-refractivity contribution is 9.10. The first-order valence-electron chi connectivity index (χ1n) is 5.30. The summed E-state index contributed by atoms with van der Waals surface area (Å²) < 4.78 is 11.5. The Morgan fingerprint density at radius 2 is 1.89 bits per heavy atom. The minimum absolute atomic E-state index is 0.525. The average molecular weight is 312 g/mol. The van der Waals surface area contributed by atoms with Crippen molar-refractivity contribution < 1.29 is 9.47 Å². The molecule has 0 aliphatic rings. The van der Waals surface area contributed by atoms with E-state index in [9.17, 15) is 0 Å². The Morgan fingerprint density at radius 3 is 2.39 bits per heavy atom. The maximum Gasteiger partial charge on any atom is 0.175 e. The van der Waals surface area contributed by atoms with Crippen LogP contribution in [0.1, 0.15) is 5.56 Å². The zero-order chi connectivity index (χ0) is 13.3. The van der Waals surface area contributed by atoms with Crippen LogP contribution >= 0.6 is 15.9 Å². The molecule has 0 radical (unpaired) electrons. The molecule has 0 fully saturated rings. The van der Waals surface area contributed by atoms with Crippen LogP contribution in [0.2, 0.25) is 0 Å². The number of nitrogens with one attached hydrogen (secondary N) is 1. The van der Waals surface area contributed by atoms with E-state index in [0.717, 1.165) is 21.2 Å². The van der Waals surface area contributed by atoms with E-state index in [4.69, 9.17) is 15.2 Å². The quantitative estimate of drug-likeness (QED) is 0.914. The first-order chi connectivity index (χ1) is 8.60. The third kappa shape index (κ3) is 1.92. The van der Waals surface area contributed by atoms with E-state index < -0.39 is 0 Å². The van der Waals surface area contributed by atoms with E-state index in [2.05, 4.69) is 26.1 Å². The molecule has 0 saturated heterocycles. The van der Waals surface area contributed by atoms with Gasteiger partial charge in [-0.2, -0.15) is 5.10 Å². The number of anilines is 1. The van der Waals surface area contributed by atoms with E-state index in [0.29, 0.717) is 17.3 Å². The molecule has 18 heavy (non-hydrogen) atoms. The van der Waals surface area contributed by atoms with Crippen LogP contribution in [-0.4, -0.2) is 24.4 Å². The van der Waals surface area contributed by atoms with E-state index in [1.54, 1.807) is 20.4 Å². The number of ether oxygens (including phenoxy) is 2. The van der Waals surface area contributed by atoms with Crippen molar-refractivity contribution in [3.05, 3.63) is 22.3 Å².